The number of nitrogens with zero attached hydrogens (tertiary/aromatic N) is 1. The Hall–Kier alpha value is -3.71. The molecule has 1 amide bonds. The number of carbonyl (C=O) groups is 1. The van der Waals surface area contributed by atoms with E-state index in [1.54, 1.807) is 60.8 Å². The number of H-pyrrole nitrogens is 1. The summed E-state index contributed by atoms with van der Waals surface area (Å²) in [6.45, 7) is 1.98. The van der Waals surface area contributed by atoms with Crippen LogP contribution in [0.3, 0.4) is 0 Å². The van der Waals surface area contributed by atoms with Gasteiger partial charge in [-0.2, -0.15) is 0 Å². The van der Waals surface area contributed by atoms with Gasteiger partial charge in [-0.1, -0.05) is 67.6 Å². The molecular weight excluding hydrogens is 434 g/mol. The zero-order chi connectivity index (χ0) is 23.3. The molecule has 0 aliphatic heterocycles. The second-order valence-corrected chi connectivity index (χ2v) is 9.74. The summed E-state index contributed by atoms with van der Waals surface area (Å²) in [6, 6.07) is 24.6. The zero-order valence-electron chi connectivity index (χ0n) is 18.2. The van der Waals surface area contributed by atoms with E-state index in [1.807, 2.05) is 37.3 Å². The van der Waals surface area contributed by atoms with Crippen molar-refractivity contribution in [3.63, 3.8) is 0 Å². The molecule has 1 atom stereocenters. The van der Waals surface area contributed by atoms with E-state index < -0.39 is 9.84 Å². The first kappa shape index (κ1) is 22.5. The van der Waals surface area contributed by atoms with E-state index in [1.165, 1.54) is 0 Å². The highest BCUT2D eigenvalue weighted by atomic mass is 32.2. The smallest absolute Gasteiger partial charge is 0.251 e. The summed E-state index contributed by atoms with van der Waals surface area (Å²) in [4.78, 5) is 20.8. The molecule has 1 aromatic heterocycles. The van der Waals surface area contributed by atoms with Gasteiger partial charge in [0.2, 0.25) is 0 Å². The van der Waals surface area contributed by atoms with Crippen LogP contribution in [0.1, 0.15) is 41.1 Å². The lowest BCUT2D eigenvalue weighted by Gasteiger charge is -2.15. The number of rotatable bonds is 8. The van der Waals surface area contributed by atoms with Gasteiger partial charge in [0.1, 0.15) is 5.82 Å². The third-order valence-electron chi connectivity index (χ3n) is 5.40. The molecule has 3 aromatic carbocycles. The average molecular weight is 460 g/mol. The molecule has 1 heterocycles. The molecule has 4 aromatic rings. The van der Waals surface area contributed by atoms with Gasteiger partial charge < -0.3 is 10.3 Å². The van der Waals surface area contributed by atoms with Crippen LogP contribution in [-0.2, 0) is 15.6 Å². The normalized spacial score (nSPS) is 12.3. The van der Waals surface area contributed by atoms with Crippen molar-refractivity contribution < 1.29 is 13.2 Å². The number of carbonyl (C=O) groups excluding carboxylic acids is 1. The van der Waals surface area contributed by atoms with Gasteiger partial charge >= 0.3 is 0 Å². The maximum atomic E-state index is 12.8. The molecular formula is C26H25N3O3S. The number of hydrogen-bond acceptors (Lipinski definition) is 4. The summed E-state index contributed by atoms with van der Waals surface area (Å²) < 4.78 is 25.2. The minimum absolute atomic E-state index is 0.120. The molecule has 2 N–H and O–H groups in total. The predicted molar refractivity (Wildman–Crippen MR) is 128 cm³/mol. The molecule has 0 bridgehead atoms. The summed E-state index contributed by atoms with van der Waals surface area (Å²) in [7, 11) is -3.44. The fourth-order valence-corrected chi connectivity index (χ4v) is 4.94. The third-order valence-corrected chi connectivity index (χ3v) is 7.10. The van der Waals surface area contributed by atoms with Gasteiger partial charge in [-0.15, -0.1) is 0 Å². The SMILES string of the molecule is CCC(NC(=O)c1ccc(CS(=O)(=O)c2ccccc2)cc1)c1ncc(-c2ccccc2)[nH]1. The van der Waals surface area contributed by atoms with Gasteiger partial charge in [-0.25, -0.2) is 13.4 Å². The summed E-state index contributed by atoms with van der Waals surface area (Å²) in [5, 5.41) is 3.01. The number of nitrogens with one attached hydrogen (secondary N) is 2. The highest BCUT2D eigenvalue weighted by Crippen LogP contribution is 2.21. The lowest BCUT2D eigenvalue weighted by Crippen LogP contribution is -2.28. The third kappa shape index (κ3) is 5.38. The van der Waals surface area contributed by atoms with Crippen LogP contribution < -0.4 is 5.32 Å². The van der Waals surface area contributed by atoms with Crippen LogP contribution in [0.4, 0.5) is 0 Å². The quantitative estimate of drug-likeness (QED) is 0.391. The number of benzene rings is 3. The fourth-order valence-electron chi connectivity index (χ4n) is 3.57. The Morgan fingerprint density at radius 3 is 2.21 bits per heavy atom. The number of sulfone groups is 1. The Bertz CT molecular complexity index is 1320. The van der Waals surface area contributed by atoms with E-state index in [0.29, 0.717) is 23.4 Å². The number of amides is 1. The van der Waals surface area contributed by atoms with Crippen LogP contribution in [0.2, 0.25) is 0 Å². The molecule has 1 unspecified atom stereocenters. The van der Waals surface area contributed by atoms with Crippen LogP contribution in [0, 0.1) is 0 Å². The van der Waals surface area contributed by atoms with Gasteiger partial charge in [0, 0.05) is 5.56 Å². The predicted octanol–water partition coefficient (Wildman–Crippen LogP) is 4.93. The largest absolute Gasteiger partial charge is 0.342 e. The van der Waals surface area contributed by atoms with Crippen LogP contribution >= 0.6 is 0 Å². The van der Waals surface area contributed by atoms with Crippen LogP contribution in [0.5, 0.6) is 0 Å². The van der Waals surface area contributed by atoms with Gasteiger partial charge in [0.25, 0.3) is 5.91 Å². The molecule has 7 heteroatoms. The molecule has 0 spiro atoms. The number of aromatic nitrogens is 2. The molecule has 33 heavy (non-hydrogen) atoms. The highest BCUT2D eigenvalue weighted by molar-refractivity contribution is 7.90. The van der Waals surface area contributed by atoms with E-state index in [-0.39, 0.29) is 22.6 Å². The lowest BCUT2D eigenvalue weighted by atomic mass is 10.1. The van der Waals surface area contributed by atoms with E-state index in [4.69, 9.17) is 0 Å². The lowest BCUT2D eigenvalue weighted by molar-refractivity contribution is 0.0934. The summed E-state index contributed by atoms with van der Waals surface area (Å²) in [5.74, 6) is 0.331. The topological polar surface area (TPSA) is 91.9 Å². The Kier molecular flexibility index (Phi) is 6.70. The summed E-state index contributed by atoms with van der Waals surface area (Å²) >= 11 is 0. The number of imidazole rings is 1. The molecule has 4 rings (SSSR count). The first-order chi connectivity index (χ1) is 16.0. The Morgan fingerprint density at radius 2 is 1.58 bits per heavy atom. The van der Waals surface area contributed by atoms with Crippen LogP contribution in [0.25, 0.3) is 11.3 Å². The van der Waals surface area contributed by atoms with Crippen LogP contribution in [-0.4, -0.2) is 24.3 Å². The van der Waals surface area contributed by atoms with Crippen molar-refractivity contribution in [2.24, 2.45) is 0 Å². The molecule has 0 saturated heterocycles. The van der Waals surface area contributed by atoms with Gasteiger partial charge in [0.15, 0.2) is 9.84 Å². The summed E-state index contributed by atoms with van der Waals surface area (Å²) in [6.07, 6.45) is 2.43. The standard InChI is InChI=1S/C26H25N3O3S/c1-2-23(25-27-17-24(28-25)20-9-5-3-6-10-20)29-26(30)21-15-13-19(14-16-21)18-33(31,32)22-11-7-4-8-12-22/h3-17,23H,2,18H2,1H3,(H,27,28)(H,29,30). The molecule has 168 valence electrons. The molecule has 6 nitrogen and oxygen atoms in total. The van der Waals surface area contributed by atoms with E-state index in [9.17, 15) is 13.2 Å². The summed E-state index contributed by atoms with van der Waals surface area (Å²) in [5.41, 5.74) is 3.01. The van der Waals surface area contributed by atoms with Crippen molar-refractivity contribution in [3.8, 4) is 11.3 Å². The Labute approximate surface area is 193 Å². The monoisotopic (exact) mass is 459 g/mol. The van der Waals surface area contributed by atoms with Crippen molar-refractivity contribution in [3.05, 3.63) is 108 Å². The van der Waals surface area contributed by atoms with Crippen molar-refractivity contribution in [2.75, 3.05) is 0 Å². The first-order valence-corrected chi connectivity index (χ1v) is 12.4. The van der Waals surface area contributed by atoms with Crippen molar-refractivity contribution in [1.82, 2.24) is 15.3 Å². The minimum atomic E-state index is -3.44. The minimum Gasteiger partial charge on any atom is -0.342 e. The fraction of sp³-hybridized carbons (Fsp3) is 0.154. The van der Waals surface area contributed by atoms with Gasteiger partial charge in [-0.05, 0) is 41.8 Å². The van der Waals surface area contributed by atoms with E-state index >= 15 is 0 Å². The molecule has 0 aliphatic rings. The number of hydrogen-bond donors (Lipinski definition) is 2. The van der Waals surface area contributed by atoms with Gasteiger partial charge in [0.05, 0.1) is 28.6 Å². The molecule has 0 aliphatic carbocycles. The van der Waals surface area contributed by atoms with E-state index in [2.05, 4.69) is 15.3 Å². The maximum absolute atomic E-state index is 12.8. The second kappa shape index (κ2) is 9.83. The maximum Gasteiger partial charge on any atom is 0.251 e. The second-order valence-electron chi connectivity index (χ2n) is 7.75. The molecule has 0 fully saturated rings. The zero-order valence-corrected chi connectivity index (χ0v) is 19.0. The molecule has 0 radical (unpaired) electrons. The van der Waals surface area contributed by atoms with Gasteiger partial charge in [-0.3, -0.25) is 4.79 Å². The van der Waals surface area contributed by atoms with Crippen molar-refractivity contribution >= 4 is 15.7 Å². The Morgan fingerprint density at radius 1 is 0.939 bits per heavy atom. The van der Waals surface area contributed by atoms with Crippen LogP contribution in [0.15, 0.2) is 96.0 Å². The number of aromatic amines is 1. The Balaban J connectivity index is 1.43. The average Bonchev–Trinajstić information content (AvgIpc) is 3.34. The van der Waals surface area contributed by atoms with Crippen molar-refractivity contribution in [2.45, 2.75) is 30.0 Å². The molecule has 0 saturated carbocycles. The van der Waals surface area contributed by atoms with Crippen molar-refractivity contribution in [1.29, 1.82) is 0 Å². The first-order valence-electron chi connectivity index (χ1n) is 10.7. The highest BCUT2D eigenvalue weighted by Gasteiger charge is 2.19. The van der Waals surface area contributed by atoms with E-state index in [0.717, 1.165) is 11.3 Å².